The SMILES string of the molecule is CN(C)C1CCN(c2ccc(Nc3ccnc4ccc(-c5cccc6[nH]ccc56)cc34)cc2)C1. The Bertz CT molecular complexity index is 1450. The number of aromatic amines is 1. The second kappa shape index (κ2) is 8.50. The van der Waals surface area contributed by atoms with Crippen LogP contribution in [0.5, 0.6) is 0 Å². The first-order chi connectivity index (χ1) is 16.7. The van der Waals surface area contributed by atoms with E-state index in [1.54, 1.807) is 0 Å². The minimum Gasteiger partial charge on any atom is -0.370 e. The minimum absolute atomic E-state index is 0.632. The van der Waals surface area contributed by atoms with Crippen LogP contribution in [-0.2, 0) is 0 Å². The molecule has 3 heterocycles. The summed E-state index contributed by atoms with van der Waals surface area (Å²) in [4.78, 5) is 12.7. The van der Waals surface area contributed by atoms with Gasteiger partial charge in [-0.15, -0.1) is 0 Å². The molecule has 2 N–H and O–H groups in total. The first-order valence-corrected chi connectivity index (χ1v) is 11.9. The first kappa shape index (κ1) is 20.8. The monoisotopic (exact) mass is 447 g/mol. The molecule has 3 aromatic carbocycles. The molecule has 0 spiro atoms. The molecule has 1 saturated heterocycles. The highest BCUT2D eigenvalue weighted by Crippen LogP contribution is 2.33. The van der Waals surface area contributed by atoms with Gasteiger partial charge in [-0.05, 0) is 86.2 Å². The molecule has 0 saturated carbocycles. The van der Waals surface area contributed by atoms with E-state index in [-0.39, 0.29) is 0 Å². The van der Waals surface area contributed by atoms with E-state index >= 15 is 0 Å². The summed E-state index contributed by atoms with van der Waals surface area (Å²) < 4.78 is 0. The third-order valence-electron chi connectivity index (χ3n) is 7.05. The van der Waals surface area contributed by atoms with Crippen molar-refractivity contribution in [3.63, 3.8) is 0 Å². The molecule has 6 rings (SSSR count). The number of likely N-dealkylation sites (N-methyl/N-ethyl adjacent to an activating group) is 1. The lowest BCUT2D eigenvalue weighted by Crippen LogP contribution is -2.31. The van der Waals surface area contributed by atoms with Crippen LogP contribution < -0.4 is 10.2 Å². The largest absolute Gasteiger partial charge is 0.370 e. The Morgan fingerprint density at radius 2 is 1.85 bits per heavy atom. The smallest absolute Gasteiger partial charge is 0.0723 e. The molecule has 1 unspecified atom stereocenters. The zero-order valence-electron chi connectivity index (χ0n) is 19.6. The average Bonchev–Trinajstić information content (AvgIpc) is 3.55. The molecule has 170 valence electrons. The van der Waals surface area contributed by atoms with Gasteiger partial charge in [0.15, 0.2) is 0 Å². The quantitative estimate of drug-likeness (QED) is 0.333. The predicted molar refractivity (Wildman–Crippen MR) is 143 cm³/mol. The number of fused-ring (bicyclic) bond motifs is 2. The van der Waals surface area contributed by atoms with Crippen molar-refractivity contribution in [1.82, 2.24) is 14.9 Å². The standard InChI is InChI=1S/C29H29N5/c1-33(2)23-14-17-34(19-23)22-9-7-21(8-10-22)32-29-13-16-31-28-11-6-20(18-26(28)29)24-4-3-5-27-25(24)12-15-30-27/h3-13,15-16,18,23,30H,14,17,19H2,1-2H3,(H,31,32). The molecule has 1 aliphatic rings. The summed E-state index contributed by atoms with van der Waals surface area (Å²) in [5.74, 6) is 0. The van der Waals surface area contributed by atoms with Gasteiger partial charge in [0.2, 0.25) is 0 Å². The van der Waals surface area contributed by atoms with Gasteiger partial charge in [0.05, 0.1) is 5.52 Å². The van der Waals surface area contributed by atoms with Gasteiger partial charge in [-0.2, -0.15) is 0 Å². The van der Waals surface area contributed by atoms with Crippen molar-refractivity contribution in [2.24, 2.45) is 0 Å². The highest BCUT2D eigenvalue weighted by Gasteiger charge is 2.23. The van der Waals surface area contributed by atoms with E-state index in [1.165, 1.54) is 28.6 Å². The highest BCUT2D eigenvalue weighted by atomic mass is 15.2. The van der Waals surface area contributed by atoms with Crippen LogP contribution in [0.25, 0.3) is 32.9 Å². The van der Waals surface area contributed by atoms with Crippen molar-refractivity contribution in [2.75, 3.05) is 37.4 Å². The molecule has 5 heteroatoms. The van der Waals surface area contributed by atoms with Gasteiger partial charge in [0.1, 0.15) is 0 Å². The lowest BCUT2D eigenvalue weighted by molar-refractivity contribution is 0.315. The van der Waals surface area contributed by atoms with Crippen LogP contribution in [0.3, 0.4) is 0 Å². The third-order valence-corrected chi connectivity index (χ3v) is 7.05. The molecule has 0 radical (unpaired) electrons. The number of nitrogens with one attached hydrogen (secondary N) is 2. The van der Waals surface area contributed by atoms with Gasteiger partial charge in [-0.3, -0.25) is 4.98 Å². The van der Waals surface area contributed by atoms with Gasteiger partial charge < -0.3 is 20.1 Å². The molecule has 2 aromatic heterocycles. The Labute approximate surface area is 200 Å². The maximum Gasteiger partial charge on any atom is 0.0723 e. The lowest BCUT2D eigenvalue weighted by Gasteiger charge is -2.22. The molecule has 5 aromatic rings. The number of pyridine rings is 1. The maximum atomic E-state index is 4.60. The zero-order valence-corrected chi connectivity index (χ0v) is 19.6. The second-order valence-corrected chi connectivity index (χ2v) is 9.36. The number of hydrogen-bond acceptors (Lipinski definition) is 4. The topological polar surface area (TPSA) is 47.2 Å². The predicted octanol–water partition coefficient (Wildman–Crippen LogP) is 6.27. The molecule has 1 aliphatic heterocycles. The average molecular weight is 448 g/mol. The summed E-state index contributed by atoms with van der Waals surface area (Å²) in [6.07, 6.45) is 5.09. The van der Waals surface area contributed by atoms with Crippen LogP contribution in [0.4, 0.5) is 17.1 Å². The lowest BCUT2D eigenvalue weighted by atomic mass is 9.99. The van der Waals surface area contributed by atoms with Crippen LogP contribution in [0, 0.1) is 0 Å². The summed E-state index contributed by atoms with van der Waals surface area (Å²) >= 11 is 0. The van der Waals surface area contributed by atoms with E-state index in [2.05, 4.69) is 112 Å². The normalized spacial score (nSPS) is 16.1. The van der Waals surface area contributed by atoms with Crippen LogP contribution in [-0.4, -0.2) is 48.1 Å². The van der Waals surface area contributed by atoms with Crippen LogP contribution in [0.1, 0.15) is 6.42 Å². The minimum atomic E-state index is 0.632. The van der Waals surface area contributed by atoms with Crippen molar-refractivity contribution in [3.8, 4) is 11.1 Å². The second-order valence-electron chi connectivity index (χ2n) is 9.36. The van der Waals surface area contributed by atoms with Crippen molar-refractivity contribution in [1.29, 1.82) is 0 Å². The highest BCUT2D eigenvalue weighted by molar-refractivity contribution is 6.00. The molecular weight excluding hydrogens is 418 g/mol. The molecule has 1 fully saturated rings. The van der Waals surface area contributed by atoms with E-state index in [0.29, 0.717) is 6.04 Å². The van der Waals surface area contributed by atoms with E-state index in [9.17, 15) is 0 Å². The Balaban J connectivity index is 1.29. The fraction of sp³-hybridized carbons (Fsp3) is 0.207. The Morgan fingerprint density at radius 1 is 0.971 bits per heavy atom. The van der Waals surface area contributed by atoms with Gasteiger partial charge in [0.25, 0.3) is 0 Å². The molecule has 1 atom stereocenters. The fourth-order valence-electron chi connectivity index (χ4n) is 5.07. The van der Waals surface area contributed by atoms with Crippen LogP contribution in [0.15, 0.2) is 85.2 Å². The van der Waals surface area contributed by atoms with Crippen LogP contribution >= 0.6 is 0 Å². The molecule has 0 aliphatic carbocycles. The van der Waals surface area contributed by atoms with E-state index in [4.69, 9.17) is 0 Å². The Hall–Kier alpha value is -3.83. The number of anilines is 3. The Morgan fingerprint density at radius 3 is 2.68 bits per heavy atom. The van der Waals surface area contributed by atoms with Crippen molar-refractivity contribution in [3.05, 3.63) is 85.2 Å². The maximum absolute atomic E-state index is 4.60. The number of hydrogen-bond donors (Lipinski definition) is 2. The van der Waals surface area contributed by atoms with Crippen molar-refractivity contribution in [2.45, 2.75) is 12.5 Å². The molecular formula is C29H29N5. The van der Waals surface area contributed by atoms with E-state index in [0.717, 1.165) is 40.9 Å². The zero-order chi connectivity index (χ0) is 23.1. The van der Waals surface area contributed by atoms with Gasteiger partial charge >= 0.3 is 0 Å². The number of benzene rings is 3. The summed E-state index contributed by atoms with van der Waals surface area (Å²) in [5, 5.41) is 5.98. The molecule has 34 heavy (non-hydrogen) atoms. The van der Waals surface area contributed by atoms with Crippen molar-refractivity contribution >= 4 is 38.9 Å². The number of nitrogens with zero attached hydrogens (tertiary/aromatic N) is 3. The summed E-state index contributed by atoms with van der Waals surface area (Å²) in [6.45, 7) is 2.20. The van der Waals surface area contributed by atoms with Gasteiger partial charge in [-0.25, -0.2) is 0 Å². The number of H-pyrrole nitrogens is 1. The van der Waals surface area contributed by atoms with Crippen LogP contribution in [0.2, 0.25) is 0 Å². The summed E-state index contributed by atoms with van der Waals surface area (Å²) in [5.41, 5.74) is 7.98. The number of aromatic nitrogens is 2. The van der Waals surface area contributed by atoms with Gasteiger partial charge in [-0.1, -0.05) is 18.2 Å². The Kier molecular flexibility index (Phi) is 5.19. The third kappa shape index (κ3) is 3.78. The molecule has 5 nitrogen and oxygen atoms in total. The fourth-order valence-corrected chi connectivity index (χ4v) is 5.07. The molecule has 0 bridgehead atoms. The van der Waals surface area contributed by atoms with E-state index < -0.39 is 0 Å². The first-order valence-electron chi connectivity index (χ1n) is 11.9. The summed E-state index contributed by atoms with van der Waals surface area (Å²) in [7, 11) is 4.34. The molecule has 0 amide bonds. The van der Waals surface area contributed by atoms with E-state index in [1.807, 2.05) is 12.4 Å². The number of rotatable bonds is 5. The van der Waals surface area contributed by atoms with Gasteiger partial charge in [0, 0.05) is 64.9 Å². The van der Waals surface area contributed by atoms with Crippen molar-refractivity contribution < 1.29 is 0 Å². The summed E-state index contributed by atoms with van der Waals surface area (Å²) in [6, 6.07) is 26.5.